The summed E-state index contributed by atoms with van der Waals surface area (Å²) in [5, 5.41) is 18.2. The third-order valence-electron chi connectivity index (χ3n) is 2.68. The van der Waals surface area contributed by atoms with Crippen molar-refractivity contribution in [2.45, 2.75) is 24.7 Å². The van der Waals surface area contributed by atoms with Crippen LogP contribution in [0.1, 0.15) is 18.9 Å². The van der Waals surface area contributed by atoms with Crippen LogP contribution in [0.5, 0.6) is 0 Å². The fourth-order valence-electron chi connectivity index (χ4n) is 1.74. The molecule has 2 N–H and O–H groups in total. The van der Waals surface area contributed by atoms with E-state index in [1.807, 2.05) is 6.07 Å². The van der Waals surface area contributed by atoms with Crippen molar-refractivity contribution in [3.8, 4) is 0 Å². The Bertz CT molecular complexity index is 355. The predicted molar refractivity (Wildman–Crippen MR) is 54.1 cm³/mol. The SMILES string of the molecule is C[C@]1(CO)C[C@@](OO)(c2ccccc2)OO1. The van der Waals surface area contributed by atoms with Gasteiger partial charge < -0.3 is 5.11 Å². The van der Waals surface area contributed by atoms with Crippen LogP contribution in [0, 0.1) is 0 Å². The summed E-state index contributed by atoms with van der Waals surface area (Å²) in [5.74, 6) is -1.36. The van der Waals surface area contributed by atoms with Gasteiger partial charge in [-0.3, -0.25) is 0 Å². The molecule has 0 bridgehead atoms. The summed E-state index contributed by atoms with van der Waals surface area (Å²) < 4.78 is 0. The number of aliphatic hydroxyl groups excluding tert-OH is 1. The van der Waals surface area contributed by atoms with E-state index in [-0.39, 0.29) is 13.0 Å². The lowest BCUT2D eigenvalue weighted by Gasteiger charge is -2.22. The van der Waals surface area contributed by atoms with Gasteiger partial charge in [-0.1, -0.05) is 30.3 Å². The second-order valence-corrected chi connectivity index (χ2v) is 4.16. The molecule has 0 saturated carbocycles. The Hall–Kier alpha value is -0.980. The molecule has 1 saturated heterocycles. The van der Waals surface area contributed by atoms with Gasteiger partial charge in [0.25, 0.3) is 5.79 Å². The summed E-state index contributed by atoms with van der Waals surface area (Å²) in [5.41, 5.74) is -0.242. The maximum Gasteiger partial charge on any atom is 0.261 e. The van der Waals surface area contributed by atoms with Crippen LogP contribution in [-0.4, -0.2) is 22.6 Å². The third-order valence-corrected chi connectivity index (χ3v) is 2.68. The first-order chi connectivity index (χ1) is 7.64. The van der Waals surface area contributed by atoms with E-state index in [1.54, 1.807) is 31.2 Å². The first kappa shape index (κ1) is 11.5. The van der Waals surface area contributed by atoms with E-state index < -0.39 is 11.4 Å². The summed E-state index contributed by atoms with van der Waals surface area (Å²) >= 11 is 0. The summed E-state index contributed by atoms with van der Waals surface area (Å²) in [6.45, 7) is 1.46. The number of aliphatic hydroxyl groups is 1. The maximum absolute atomic E-state index is 9.16. The Morgan fingerprint density at radius 1 is 1.31 bits per heavy atom. The molecule has 1 fully saturated rings. The molecular formula is C11H14O5. The second-order valence-electron chi connectivity index (χ2n) is 4.16. The topological polar surface area (TPSA) is 68.2 Å². The fourth-order valence-corrected chi connectivity index (χ4v) is 1.74. The van der Waals surface area contributed by atoms with Crippen LogP contribution in [0.25, 0.3) is 0 Å². The van der Waals surface area contributed by atoms with E-state index in [0.29, 0.717) is 5.56 Å². The molecule has 5 heteroatoms. The number of benzene rings is 1. The van der Waals surface area contributed by atoms with E-state index in [2.05, 4.69) is 4.89 Å². The molecule has 0 amide bonds. The van der Waals surface area contributed by atoms with Gasteiger partial charge in [0.2, 0.25) is 0 Å². The van der Waals surface area contributed by atoms with Gasteiger partial charge in [-0.2, -0.15) is 9.78 Å². The van der Waals surface area contributed by atoms with Crippen molar-refractivity contribution in [3.63, 3.8) is 0 Å². The molecule has 1 aliphatic heterocycles. The van der Waals surface area contributed by atoms with Gasteiger partial charge in [-0.15, -0.1) is 0 Å². The molecule has 88 valence electrons. The molecule has 0 aromatic heterocycles. The molecule has 2 rings (SSSR count). The highest BCUT2D eigenvalue weighted by Gasteiger charge is 2.52. The van der Waals surface area contributed by atoms with E-state index >= 15 is 0 Å². The monoisotopic (exact) mass is 226 g/mol. The predicted octanol–water partition coefficient (Wildman–Crippen LogP) is 1.43. The van der Waals surface area contributed by atoms with Crippen LogP contribution in [-0.2, 0) is 20.4 Å². The molecule has 16 heavy (non-hydrogen) atoms. The minimum Gasteiger partial charge on any atom is -0.393 e. The molecule has 0 spiro atoms. The molecular weight excluding hydrogens is 212 g/mol. The zero-order chi connectivity index (χ0) is 11.6. The van der Waals surface area contributed by atoms with Gasteiger partial charge in [-0.05, 0) is 6.92 Å². The van der Waals surface area contributed by atoms with E-state index in [0.717, 1.165) is 0 Å². The molecule has 2 atom stereocenters. The molecule has 1 aromatic rings. The lowest BCUT2D eigenvalue weighted by atomic mass is 9.93. The second kappa shape index (κ2) is 4.12. The van der Waals surface area contributed by atoms with Crippen molar-refractivity contribution >= 4 is 0 Å². The van der Waals surface area contributed by atoms with Crippen LogP contribution >= 0.6 is 0 Å². The van der Waals surface area contributed by atoms with Crippen molar-refractivity contribution < 1.29 is 25.0 Å². The summed E-state index contributed by atoms with van der Waals surface area (Å²) in [6, 6.07) is 8.95. The van der Waals surface area contributed by atoms with Crippen molar-refractivity contribution in [1.29, 1.82) is 0 Å². The summed E-state index contributed by atoms with van der Waals surface area (Å²) in [4.78, 5) is 14.5. The van der Waals surface area contributed by atoms with Gasteiger partial charge in [0.1, 0.15) is 5.60 Å². The zero-order valence-corrected chi connectivity index (χ0v) is 8.92. The largest absolute Gasteiger partial charge is 0.393 e. The van der Waals surface area contributed by atoms with Crippen LogP contribution < -0.4 is 0 Å². The van der Waals surface area contributed by atoms with Gasteiger partial charge in [0.15, 0.2) is 0 Å². The Labute approximate surface area is 93.0 Å². The lowest BCUT2D eigenvalue weighted by molar-refractivity contribution is -0.480. The van der Waals surface area contributed by atoms with Gasteiger partial charge in [0.05, 0.1) is 6.61 Å². The van der Waals surface area contributed by atoms with Gasteiger partial charge >= 0.3 is 0 Å². The molecule has 5 nitrogen and oxygen atoms in total. The standard InChI is InChI=1S/C11H14O5/c1-10(8-12)7-11(14-13,16-15-10)9-5-3-2-4-6-9/h2-6,12-13H,7-8H2,1H3/t10-,11+/m1/s1. The summed E-state index contributed by atoms with van der Waals surface area (Å²) in [7, 11) is 0. The average molecular weight is 226 g/mol. The Morgan fingerprint density at radius 2 is 2.00 bits per heavy atom. The minimum atomic E-state index is -1.36. The first-order valence-electron chi connectivity index (χ1n) is 5.00. The van der Waals surface area contributed by atoms with Crippen molar-refractivity contribution in [3.05, 3.63) is 35.9 Å². The van der Waals surface area contributed by atoms with Crippen molar-refractivity contribution in [1.82, 2.24) is 0 Å². The molecule has 0 aliphatic carbocycles. The van der Waals surface area contributed by atoms with Crippen LogP contribution in [0.2, 0.25) is 0 Å². The fraction of sp³-hybridized carbons (Fsp3) is 0.455. The Balaban J connectivity index is 2.30. The van der Waals surface area contributed by atoms with Crippen LogP contribution in [0.4, 0.5) is 0 Å². The number of rotatable bonds is 3. The minimum absolute atomic E-state index is 0.205. The van der Waals surface area contributed by atoms with Gasteiger partial charge in [-0.25, -0.2) is 10.1 Å². The molecule has 0 radical (unpaired) electrons. The third kappa shape index (κ3) is 1.83. The quantitative estimate of drug-likeness (QED) is 0.602. The van der Waals surface area contributed by atoms with Crippen molar-refractivity contribution in [2.24, 2.45) is 0 Å². The first-order valence-corrected chi connectivity index (χ1v) is 5.00. The lowest BCUT2D eigenvalue weighted by Crippen LogP contribution is -2.33. The molecule has 1 aliphatic rings. The Morgan fingerprint density at radius 3 is 2.50 bits per heavy atom. The normalized spacial score (nSPS) is 34.2. The number of hydrogen-bond donors (Lipinski definition) is 2. The number of hydrogen-bond acceptors (Lipinski definition) is 5. The van der Waals surface area contributed by atoms with Crippen molar-refractivity contribution in [2.75, 3.05) is 6.61 Å². The van der Waals surface area contributed by atoms with E-state index in [9.17, 15) is 0 Å². The Kier molecular flexibility index (Phi) is 2.96. The molecule has 0 unspecified atom stereocenters. The zero-order valence-electron chi connectivity index (χ0n) is 8.92. The highest BCUT2D eigenvalue weighted by molar-refractivity contribution is 5.21. The average Bonchev–Trinajstić information content (AvgIpc) is 2.71. The highest BCUT2D eigenvalue weighted by atomic mass is 17.3. The van der Waals surface area contributed by atoms with E-state index in [4.69, 9.17) is 20.1 Å². The van der Waals surface area contributed by atoms with E-state index in [1.165, 1.54) is 0 Å². The van der Waals surface area contributed by atoms with Gasteiger partial charge in [0, 0.05) is 12.0 Å². The smallest absolute Gasteiger partial charge is 0.261 e. The van der Waals surface area contributed by atoms with Crippen LogP contribution in [0.3, 0.4) is 0 Å². The maximum atomic E-state index is 9.16. The summed E-state index contributed by atoms with van der Waals surface area (Å²) in [6.07, 6.45) is 0.205. The van der Waals surface area contributed by atoms with Crippen LogP contribution in [0.15, 0.2) is 30.3 Å². The molecule has 1 aromatic carbocycles. The molecule has 1 heterocycles. The highest BCUT2D eigenvalue weighted by Crippen LogP contribution is 2.43.